The maximum absolute atomic E-state index is 9.16. The second-order valence-electron chi connectivity index (χ2n) is 4.56. The summed E-state index contributed by atoms with van der Waals surface area (Å²) in [5.74, 6) is 1.07. The van der Waals surface area contributed by atoms with Crippen LogP contribution < -0.4 is 0 Å². The summed E-state index contributed by atoms with van der Waals surface area (Å²) in [4.78, 5) is 2.41. The first-order valence-corrected chi connectivity index (χ1v) is 6.03. The Kier molecular flexibility index (Phi) is 3.90. The topological polar surface area (TPSA) is 54.2 Å². The first-order valence-electron chi connectivity index (χ1n) is 6.03. The Morgan fingerprint density at radius 2 is 2.31 bits per heavy atom. The zero-order chi connectivity index (χ0) is 11.4. The highest BCUT2D eigenvalue weighted by Gasteiger charge is 2.16. The van der Waals surface area contributed by atoms with Crippen LogP contribution in [0.25, 0.3) is 0 Å². The summed E-state index contributed by atoms with van der Waals surface area (Å²) in [6.07, 6.45) is 4.80. The summed E-state index contributed by atoms with van der Waals surface area (Å²) in [5.41, 5.74) is 0. The highest BCUT2D eigenvalue weighted by Crippen LogP contribution is 2.10. The monoisotopic (exact) mass is 224 g/mol. The Morgan fingerprint density at radius 3 is 3.12 bits per heavy atom. The molecule has 2 rings (SSSR count). The molecule has 1 aliphatic rings. The molecule has 0 amide bonds. The van der Waals surface area contributed by atoms with Crippen LogP contribution in [-0.2, 0) is 13.1 Å². The van der Waals surface area contributed by atoms with Gasteiger partial charge in [0.25, 0.3) is 0 Å². The van der Waals surface area contributed by atoms with Crippen LogP contribution in [0, 0.1) is 0 Å². The quantitative estimate of drug-likeness (QED) is 0.746. The van der Waals surface area contributed by atoms with E-state index in [2.05, 4.69) is 19.7 Å². The maximum atomic E-state index is 9.16. The zero-order valence-electron chi connectivity index (χ0n) is 9.84. The summed E-state index contributed by atoms with van der Waals surface area (Å²) in [6, 6.07) is 0. The van der Waals surface area contributed by atoms with E-state index in [9.17, 15) is 0 Å². The Labute approximate surface area is 96.1 Å². The average Bonchev–Trinajstić information content (AvgIpc) is 2.71. The number of unbranched alkanes of at least 4 members (excludes halogenated alkanes) is 1. The molecule has 1 N–H and O–H groups in total. The number of rotatable bonds is 5. The number of fused-ring (bicyclic) bond motifs is 1. The molecule has 0 bridgehead atoms. The zero-order valence-corrected chi connectivity index (χ0v) is 9.84. The molecule has 5 heteroatoms. The highest BCUT2D eigenvalue weighted by molar-refractivity contribution is 4.89. The minimum absolute atomic E-state index is 0.163. The molecular formula is C11H20N4O. The number of nitrogens with zero attached hydrogens (tertiary/aromatic N) is 4. The normalized spacial score (nSPS) is 18.4. The van der Waals surface area contributed by atoms with Crippen LogP contribution >= 0.6 is 0 Å². The van der Waals surface area contributed by atoms with Crippen molar-refractivity contribution >= 4 is 0 Å². The second-order valence-corrected chi connectivity index (χ2v) is 4.56. The van der Waals surface area contributed by atoms with Gasteiger partial charge in [-0.2, -0.15) is 0 Å². The second kappa shape index (κ2) is 5.41. The van der Waals surface area contributed by atoms with Gasteiger partial charge >= 0.3 is 0 Å². The molecule has 16 heavy (non-hydrogen) atoms. The maximum Gasteiger partial charge on any atom is 0.147 e. The average molecular weight is 224 g/mol. The van der Waals surface area contributed by atoms with Crippen molar-refractivity contribution in [2.75, 3.05) is 13.1 Å². The standard InChI is InChI=1S/C11H20N4O/c1-10(16)4-2-3-5-14-6-7-15-9-12-13-11(15)8-14/h9-10,16H,2-8H2,1H3. The van der Waals surface area contributed by atoms with Crippen molar-refractivity contribution in [3.05, 3.63) is 12.2 Å². The molecule has 0 aliphatic carbocycles. The van der Waals surface area contributed by atoms with Crippen molar-refractivity contribution in [2.24, 2.45) is 0 Å². The molecule has 1 aromatic heterocycles. The van der Waals surface area contributed by atoms with Gasteiger partial charge in [0.1, 0.15) is 12.2 Å². The van der Waals surface area contributed by atoms with Gasteiger partial charge in [-0.15, -0.1) is 10.2 Å². The minimum Gasteiger partial charge on any atom is -0.393 e. The molecule has 2 heterocycles. The summed E-state index contributed by atoms with van der Waals surface area (Å²) in [7, 11) is 0. The van der Waals surface area contributed by atoms with E-state index in [-0.39, 0.29) is 6.10 Å². The molecule has 0 saturated carbocycles. The fourth-order valence-electron chi connectivity index (χ4n) is 2.08. The molecule has 0 fully saturated rings. The van der Waals surface area contributed by atoms with Crippen LogP contribution in [-0.4, -0.2) is 44.0 Å². The van der Waals surface area contributed by atoms with Gasteiger partial charge in [0.2, 0.25) is 0 Å². The molecule has 1 aromatic rings. The van der Waals surface area contributed by atoms with Crippen LogP contribution in [0.5, 0.6) is 0 Å². The molecule has 0 spiro atoms. The molecule has 5 nitrogen and oxygen atoms in total. The lowest BCUT2D eigenvalue weighted by atomic mass is 10.1. The Bertz CT molecular complexity index is 324. The molecule has 0 radical (unpaired) electrons. The third kappa shape index (κ3) is 3.02. The lowest BCUT2D eigenvalue weighted by molar-refractivity contribution is 0.172. The van der Waals surface area contributed by atoms with Gasteiger partial charge in [-0.1, -0.05) is 0 Å². The number of aromatic nitrogens is 3. The SMILES string of the molecule is CC(O)CCCCN1CCn2cnnc2C1. The molecule has 90 valence electrons. The number of aliphatic hydroxyl groups excluding tert-OH is 1. The Hall–Kier alpha value is -0.940. The van der Waals surface area contributed by atoms with Gasteiger partial charge < -0.3 is 9.67 Å². The fraction of sp³-hybridized carbons (Fsp3) is 0.818. The van der Waals surface area contributed by atoms with Crippen molar-refractivity contribution in [1.82, 2.24) is 19.7 Å². The molecule has 1 atom stereocenters. The van der Waals surface area contributed by atoms with Crippen molar-refractivity contribution in [1.29, 1.82) is 0 Å². The number of aliphatic hydroxyl groups is 1. The lowest BCUT2D eigenvalue weighted by Crippen LogP contribution is -2.34. The summed E-state index contributed by atoms with van der Waals surface area (Å²) in [5, 5.41) is 17.2. The van der Waals surface area contributed by atoms with Crippen LogP contribution in [0.3, 0.4) is 0 Å². The summed E-state index contributed by atoms with van der Waals surface area (Å²) in [6.45, 7) is 5.94. The number of hydrogen-bond donors (Lipinski definition) is 1. The Morgan fingerprint density at radius 1 is 1.44 bits per heavy atom. The largest absolute Gasteiger partial charge is 0.393 e. The van der Waals surface area contributed by atoms with Gasteiger partial charge in [-0.3, -0.25) is 4.90 Å². The van der Waals surface area contributed by atoms with E-state index < -0.39 is 0 Å². The summed E-state index contributed by atoms with van der Waals surface area (Å²) >= 11 is 0. The van der Waals surface area contributed by atoms with E-state index in [1.54, 1.807) is 6.33 Å². The number of hydrogen-bond acceptors (Lipinski definition) is 4. The predicted molar refractivity (Wildman–Crippen MR) is 60.8 cm³/mol. The fourth-order valence-corrected chi connectivity index (χ4v) is 2.08. The van der Waals surface area contributed by atoms with Crippen LogP contribution in [0.4, 0.5) is 0 Å². The van der Waals surface area contributed by atoms with Gasteiger partial charge in [-0.25, -0.2) is 0 Å². The molecule has 1 unspecified atom stereocenters. The lowest BCUT2D eigenvalue weighted by Gasteiger charge is -2.26. The van der Waals surface area contributed by atoms with E-state index in [1.807, 2.05) is 6.92 Å². The van der Waals surface area contributed by atoms with Crippen LogP contribution in [0.15, 0.2) is 6.33 Å². The molecular weight excluding hydrogens is 204 g/mol. The van der Waals surface area contributed by atoms with Crippen molar-refractivity contribution in [3.63, 3.8) is 0 Å². The molecule has 0 aromatic carbocycles. The Balaban J connectivity index is 1.69. The molecule has 0 saturated heterocycles. The van der Waals surface area contributed by atoms with Crippen LogP contribution in [0.1, 0.15) is 32.0 Å². The van der Waals surface area contributed by atoms with E-state index in [1.165, 1.54) is 0 Å². The van der Waals surface area contributed by atoms with Gasteiger partial charge in [-0.05, 0) is 32.7 Å². The first-order chi connectivity index (χ1) is 7.75. The van der Waals surface area contributed by atoms with Gasteiger partial charge in [0.05, 0.1) is 12.6 Å². The van der Waals surface area contributed by atoms with Crippen molar-refractivity contribution in [3.8, 4) is 0 Å². The summed E-state index contributed by atoms with van der Waals surface area (Å²) < 4.78 is 2.12. The smallest absolute Gasteiger partial charge is 0.147 e. The first kappa shape index (κ1) is 11.5. The molecule has 1 aliphatic heterocycles. The highest BCUT2D eigenvalue weighted by atomic mass is 16.3. The van der Waals surface area contributed by atoms with E-state index in [0.29, 0.717) is 0 Å². The van der Waals surface area contributed by atoms with Gasteiger partial charge in [0.15, 0.2) is 0 Å². The van der Waals surface area contributed by atoms with E-state index in [4.69, 9.17) is 5.11 Å². The van der Waals surface area contributed by atoms with Crippen LogP contribution in [0.2, 0.25) is 0 Å². The third-order valence-corrected chi connectivity index (χ3v) is 3.06. The predicted octanol–water partition coefficient (Wildman–Crippen LogP) is 0.645. The minimum atomic E-state index is -0.163. The van der Waals surface area contributed by atoms with E-state index in [0.717, 1.165) is 51.3 Å². The third-order valence-electron chi connectivity index (χ3n) is 3.06. The van der Waals surface area contributed by atoms with E-state index >= 15 is 0 Å². The van der Waals surface area contributed by atoms with Crippen molar-refractivity contribution < 1.29 is 5.11 Å². The van der Waals surface area contributed by atoms with Crippen molar-refractivity contribution in [2.45, 2.75) is 45.4 Å². The van der Waals surface area contributed by atoms with Gasteiger partial charge in [0, 0.05) is 13.1 Å².